The van der Waals surface area contributed by atoms with Crippen LogP contribution in [0.3, 0.4) is 0 Å². The molecule has 2 aromatic rings. The SMILES string of the molecule is CC1(C)c2ccccc2C(C(=O)O)(c2ccccc2)C1(C)C. The van der Waals surface area contributed by atoms with Gasteiger partial charge in [0.25, 0.3) is 0 Å². The molecule has 0 fully saturated rings. The highest BCUT2D eigenvalue weighted by atomic mass is 16.4. The zero-order valence-electron chi connectivity index (χ0n) is 13.6. The summed E-state index contributed by atoms with van der Waals surface area (Å²) in [5, 5.41) is 10.3. The van der Waals surface area contributed by atoms with E-state index in [1.165, 1.54) is 0 Å². The lowest BCUT2D eigenvalue weighted by Crippen LogP contribution is -2.51. The normalized spacial score (nSPS) is 24.7. The molecule has 1 unspecified atom stereocenters. The van der Waals surface area contributed by atoms with Crippen molar-refractivity contribution in [3.8, 4) is 0 Å². The number of hydrogen-bond acceptors (Lipinski definition) is 1. The van der Waals surface area contributed by atoms with Gasteiger partial charge in [-0.3, -0.25) is 4.79 Å². The maximum atomic E-state index is 12.6. The number of benzene rings is 2. The van der Waals surface area contributed by atoms with Gasteiger partial charge in [-0.1, -0.05) is 82.3 Å². The molecule has 1 aliphatic carbocycles. The summed E-state index contributed by atoms with van der Waals surface area (Å²) in [6.45, 7) is 8.46. The van der Waals surface area contributed by atoms with Crippen LogP contribution in [0.4, 0.5) is 0 Å². The number of rotatable bonds is 2. The Hall–Kier alpha value is -2.09. The largest absolute Gasteiger partial charge is 0.480 e. The summed E-state index contributed by atoms with van der Waals surface area (Å²) in [7, 11) is 0. The van der Waals surface area contributed by atoms with Gasteiger partial charge in [-0.05, 0) is 27.5 Å². The van der Waals surface area contributed by atoms with Crippen LogP contribution in [0.1, 0.15) is 44.4 Å². The highest BCUT2D eigenvalue weighted by molar-refractivity contribution is 5.90. The van der Waals surface area contributed by atoms with E-state index in [1.807, 2.05) is 48.5 Å². The van der Waals surface area contributed by atoms with Crippen LogP contribution in [-0.4, -0.2) is 11.1 Å². The highest BCUT2D eigenvalue weighted by Crippen LogP contribution is 2.64. The van der Waals surface area contributed by atoms with E-state index in [4.69, 9.17) is 0 Å². The lowest BCUT2D eigenvalue weighted by Gasteiger charge is -2.46. The molecule has 114 valence electrons. The molecule has 3 rings (SSSR count). The minimum Gasteiger partial charge on any atom is -0.480 e. The van der Waals surface area contributed by atoms with Crippen LogP contribution in [0.25, 0.3) is 0 Å². The van der Waals surface area contributed by atoms with E-state index in [0.29, 0.717) is 0 Å². The number of carbonyl (C=O) groups is 1. The molecule has 0 radical (unpaired) electrons. The molecule has 0 bridgehead atoms. The lowest BCUT2D eigenvalue weighted by molar-refractivity contribution is -0.147. The van der Waals surface area contributed by atoms with E-state index < -0.39 is 16.8 Å². The molecule has 1 atom stereocenters. The summed E-state index contributed by atoms with van der Waals surface area (Å²) in [6, 6.07) is 17.6. The van der Waals surface area contributed by atoms with Gasteiger partial charge in [0.1, 0.15) is 5.41 Å². The highest BCUT2D eigenvalue weighted by Gasteiger charge is 2.66. The van der Waals surface area contributed by atoms with Crippen molar-refractivity contribution in [3.63, 3.8) is 0 Å². The Kier molecular flexibility index (Phi) is 3.00. The monoisotopic (exact) mass is 294 g/mol. The Morgan fingerprint density at radius 2 is 1.32 bits per heavy atom. The third-order valence-corrected chi connectivity index (χ3v) is 6.03. The quantitative estimate of drug-likeness (QED) is 0.892. The van der Waals surface area contributed by atoms with Gasteiger partial charge in [0.05, 0.1) is 0 Å². The zero-order chi connectivity index (χ0) is 16.2. The summed E-state index contributed by atoms with van der Waals surface area (Å²) < 4.78 is 0. The Morgan fingerprint density at radius 1 is 0.818 bits per heavy atom. The van der Waals surface area contributed by atoms with Crippen LogP contribution < -0.4 is 0 Å². The van der Waals surface area contributed by atoms with Crippen LogP contribution in [0.2, 0.25) is 0 Å². The van der Waals surface area contributed by atoms with Crippen LogP contribution in [0.5, 0.6) is 0 Å². The molecule has 0 heterocycles. The average molecular weight is 294 g/mol. The number of aliphatic carboxylic acids is 1. The van der Waals surface area contributed by atoms with Gasteiger partial charge in [-0.2, -0.15) is 0 Å². The molecule has 22 heavy (non-hydrogen) atoms. The molecule has 0 aromatic heterocycles. The van der Waals surface area contributed by atoms with E-state index >= 15 is 0 Å². The summed E-state index contributed by atoms with van der Waals surface area (Å²) >= 11 is 0. The predicted molar refractivity (Wildman–Crippen MR) is 88.1 cm³/mol. The lowest BCUT2D eigenvalue weighted by atomic mass is 9.55. The first-order chi connectivity index (χ1) is 10.3. The topological polar surface area (TPSA) is 37.3 Å². The maximum Gasteiger partial charge on any atom is 0.319 e. The van der Waals surface area contributed by atoms with Crippen LogP contribution >= 0.6 is 0 Å². The third-order valence-electron chi connectivity index (χ3n) is 6.03. The van der Waals surface area contributed by atoms with Crippen molar-refractivity contribution in [2.24, 2.45) is 5.41 Å². The van der Waals surface area contributed by atoms with E-state index in [-0.39, 0.29) is 5.41 Å². The second-order valence-electron chi connectivity index (χ2n) is 7.22. The minimum atomic E-state index is -1.03. The maximum absolute atomic E-state index is 12.6. The molecular formula is C20H22O2. The van der Waals surface area contributed by atoms with Crippen molar-refractivity contribution in [3.05, 3.63) is 71.3 Å². The molecule has 2 nitrogen and oxygen atoms in total. The summed E-state index contributed by atoms with van der Waals surface area (Å²) in [5.41, 5.74) is 1.17. The zero-order valence-corrected chi connectivity index (χ0v) is 13.6. The van der Waals surface area contributed by atoms with Crippen molar-refractivity contribution in [1.29, 1.82) is 0 Å². The van der Waals surface area contributed by atoms with Gasteiger partial charge in [0.15, 0.2) is 0 Å². The van der Waals surface area contributed by atoms with Crippen molar-refractivity contribution < 1.29 is 9.90 Å². The summed E-state index contributed by atoms with van der Waals surface area (Å²) in [5.74, 6) is -0.776. The first kappa shape index (κ1) is 14.8. The van der Waals surface area contributed by atoms with Gasteiger partial charge in [0.2, 0.25) is 0 Å². The van der Waals surface area contributed by atoms with Gasteiger partial charge in [-0.15, -0.1) is 0 Å². The Balaban J connectivity index is 2.47. The molecule has 0 saturated heterocycles. The third kappa shape index (κ3) is 1.48. The average Bonchev–Trinajstić information content (AvgIpc) is 2.62. The first-order valence-corrected chi connectivity index (χ1v) is 7.67. The Labute approximate surface area is 131 Å². The van der Waals surface area contributed by atoms with Gasteiger partial charge >= 0.3 is 5.97 Å². The predicted octanol–water partition coefficient (Wildman–Crippen LogP) is 4.37. The number of hydrogen-bond donors (Lipinski definition) is 1. The Morgan fingerprint density at radius 3 is 1.86 bits per heavy atom. The molecular weight excluding hydrogens is 272 g/mol. The number of carboxylic acids is 1. The molecule has 0 aliphatic heterocycles. The van der Waals surface area contributed by atoms with E-state index in [9.17, 15) is 9.90 Å². The van der Waals surface area contributed by atoms with E-state index in [2.05, 4.69) is 33.8 Å². The van der Waals surface area contributed by atoms with Crippen molar-refractivity contribution in [2.75, 3.05) is 0 Å². The number of carboxylic acid groups (broad SMARTS) is 1. The standard InChI is InChI=1S/C20H22O2/c1-18(2)15-12-8-9-13-16(15)20(17(21)22,19(18,3)4)14-10-6-5-7-11-14/h5-13H,1-4H3,(H,21,22). The van der Waals surface area contributed by atoms with Crippen LogP contribution in [0.15, 0.2) is 54.6 Å². The van der Waals surface area contributed by atoms with E-state index in [1.54, 1.807) is 0 Å². The number of fused-ring (bicyclic) bond motifs is 1. The second-order valence-corrected chi connectivity index (χ2v) is 7.22. The molecule has 1 aliphatic rings. The first-order valence-electron chi connectivity index (χ1n) is 7.67. The summed E-state index contributed by atoms with van der Waals surface area (Å²) in [6.07, 6.45) is 0. The fraction of sp³-hybridized carbons (Fsp3) is 0.350. The molecule has 2 heteroatoms. The van der Waals surface area contributed by atoms with Crippen molar-refractivity contribution >= 4 is 5.97 Å². The van der Waals surface area contributed by atoms with Gasteiger partial charge in [-0.25, -0.2) is 0 Å². The smallest absolute Gasteiger partial charge is 0.319 e. The van der Waals surface area contributed by atoms with Crippen LogP contribution in [-0.2, 0) is 15.6 Å². The second kappa shape index (κ2) is 4.45. The van der Waals surface area contributed by atoms with Gasteiger partial charge in [0, 0.05) is 0 Å². The molecule has 0 saturated carbocycles. The van der Waals surface area contributed by atoms with Crippen molar-refractivity contribution in [2.45, 2.75) is 38.5 Å². The van der Waals surface area contributed by atoms with E-state index in [0.717, 1.165) is 16.7 Å². The molecule has 1 N–H and O–H groups in total. The fourth-order valence-electron chi connectivity index (χ4n) is 4.21. The van der Waals surface area contributed by atoms with Gasteiger partial charge < -0.3 is 5.11 Å². The summed E-state index contributed by atoms with van der Waals surface area (Å²) in [4.78, 5) is 12.6. The molecule has 0 spiro atoms. The van der Waals surface area contributed by atoms with Crippen LogP contribution in [0, 0.1) is 5.41 Å². The van der Waals surface area contributed by atoms with Crippen molar-refractivity contribution in [1.82, 2.24) is 0 Å². The molecule has 2 aromatic carbocycles. The minimum absolute atomic E-state index is 0.238. The molecule has 0 amide bonds. The Bertz CT molecular complexity index is 728. The fourth-order valence-corrected chi connectivity index (χ4v) is 4.21.